The van der Waals surface area contributed by atoms with Gasteiger partial charge >= 0.3 is 12.2 Å². The third-order valence-electron chi connectivity index (χ3n) is 8.02. The van der Waals surface area contributed by atoms with E-state index >= 15 is 0 Å². The van der Waals surface area contributed by atoms with Crippen LogP contribution in [0.25, 0.3) is 0 Å². The topological polar surface area (TPSA) is 192 Å². The third-order valence-corrected chi connectivity index (χ3v) is 9.66. The van der Waals surface area contributed by atoms with Gasteiger partial charge in [-0.25, -0.2) is 56.5 Å². The number of anilines is 5. The molecule has 5 aromatic rings. The Morgan fingerprint density at radius 3 is 1.44 bits per heavy atom. The van der Waals surface area contributed by atoms with E-state index in [1.54, 1.807) is 52.5 Å². The Hall–Kier alpha value is -5.14. The number of hydrogen-bond donors (Lipinski definition) is 3. The Bertz CT molecular complexity index is 2370. The van der Waals surface area contributed by atoms with Gasteiger partial charge in [0.1, 0.15) is 11.2 Å². The van der Waals surface area contributed by atoms with Crippen LogP contribution in [0.1, 0.15) is 41.5 Å². The predicted octanol–water partition coefficient (Wildman–Crippen LogP) is 10.6. The summed E-state index contributed by atoms with van der Waals surface area (Å²) in [5.74, 6) is -2.16. The summed E-state index contributed by atoms with van der Waals surface area (Å²) in [6.45, 7) is 15.1. The molecular formula is C43H49Cl3F5IN10O6. The van der Waals surface area contributed by atoms with Gasteiger partial charge in [-0.2, -0.15) is 0 Å². The number of aromatic nitrogens is 5. The number of nitrogens with one attached hydrogen (secondary N) is 2. The molecule has 0 radical (unpaired) electrons. The Balaban J connectivity index is 0.000000234. The van der Waals surface area contributed by atoms with Crippen molar-refractivity contribution in [2.45, 2.75) is 52.7 Å². The molecule has 2 aliphatic rings. The molecule has 68 heavy (non-hydrogen) atoms. The van der Waals surface area contributed by atoms with Gasteiger partial charge in [-0.05, 0) is 101 Å². The van der Waals surface area contributed by atoms with E-state index in [1.165, 1.54) is 61.3 Å². The minimum Gasteiger partial charge on any atom is -0.444 e. The summed E-state index contributed by atoms with van der Waals surface area (Å²) in [5, 5.41) is 4.22. The number of morpholine rings is 2. The Morgan fingerprint density at radius 2 is 1.01 bits per heavy atom. The van der Waals surface area contributed by atoms with E-state index in [0.29, 0.717) is 62.0 Å². The number of rotatable bonds is 4. The van der Waals surface area contributed by atoms with Crippen LogP contribution in [-0.2, 0) is 18.9 Å². The van der Waals surface area contributed by atoms with Gasteiger partial charge in [-0.15, -0.1) is 0 Å². The molecule has 5 aromatic heterocycles. The minimum atomic E-state index is -0.782. The van der Waals surface area contributed by atoms with Gasteiger partial charge in [0, 0.05) is 57.2 Å². The molecule has 370 valence electrons. The molecule has 0 spiro atoms. The smallest absolute Gasteiger partial charge is 0.412 e. The van der Waals surface area contributed by atoms with Crippen molar-refractivity contribution < 1.29 is 50.5 Å². The van der Waals surface area contributed by atoms with Gasteiger partial charge in [-0.1, -0.05) is 34.8 Å². The summed E-state index contributed by atoms with van der Waals surface area (Å²) in [6.07, 6.45) is 5.73. The number of hydrogen-bond acceptors (Lipinski definition) is 14. The highest BCUT2D eigenvalue weighted by molar-refractivity contribution is 14.1. The summed E-state index contributed by atoms with van der Waals surface area (Å²) in [5.41, 5.74) is 4.31. The zero-order valence-electron chi connectivity index (χ0n) is 37.6. The van der Waals surface area contributed by atoms with Crippen LogP contribution in [0.4, 0.5) is 60.2 Å². The number of nitrogen functional groups attached to an aromatic ring is 1. The fourth-order valence-corrected chi connectivity index (χ4v) is 6.08. The molecule has 2 aliphatic heterocycles. The van der Waals surface area contributed by atoms with E-state index < -0.39 is 52.5 Å². The number of halogens is 9. The van der Waals surface area contributed by atoms with Gasteiger partial charge in [-0.3, -0.25) is 10.6 Å². The zero-order chi connectivity index (χ0) is 50.6. The molecule has 7 heterocycles. The van der Waals surface area contributed by atoms with Crippen molar-refractivity contribution in [3.63, 3.8) is 0 Å². The molecule has 0 aliphatic carbocycles. The number of pyridine rings is 5. The van der Waals surface area contributed by atoms with Crippen LogP contribution < -0.4 is 26.2 Å². The summed E-state index contributed by atoms with van der Waals surface area (Å²) in [7, 11) is 0. The molecule has 25 heteroatoms. The van der Waals surface area contributed by atoms with E-state index in [1.807, 2.05) is 27.5 Å². The van der Waals surface area contributed by atoms with E-state index in [-0.39, 0.29) is 38.3 Å². The van der Waals surface area contributed by atoms with Gasteiger partial charge in [0.15, 0.2) is 56.2 Å². The number of carbonyl (C=O) groups is 2. The standard InChI is InChI=1S/C14H20FN3O3.C10H12ClFN2O2.C9H12FN3O.C5H2ClFIN.C5H3ClFN/c1-14(2,3)21-13(19)17-10-4-5-16-12(11(10)15)18-6-8-20-9-7-18;1-10(2,3)16-9(15)14-6-4-5-13-8(11)7(6)12;10-8-7(11)1-2-12-9(8)13-3-5-14-6-4-13;6-5-4(7)3(8)1-2-9-5;6-5-4(7)2-1-3-8-5/h4-5H,6-9H2,1-3H3,(H,16,17,19);4-5H,1-3H3,(H,13,14,15);1-2H,3-6H2,(H2,11,12);1-2H;1-3H. The van der Waals surface area contributed by atoms with Gasteiger partial charge < -0.3 is 34.5 Å². The second-order valence-corrected chi connectivity index (χ2v) is 17.9. The number of amides is 2. The Kier molecular flexibility index (Phi) is 23.3. The first-order valence-corrected chi connectivity index (χ1v) is 22.4. The first kappa shape index (κ1) is 57.2. The molecule has 2 saturated heterocycles. The number of nitrogens with two attached hydrogens (primary N) is 1. The maximum atomic E-state index is 14.4. The summed E-state index contributed by atoms with van der Waals surface area (Å²) in [6, 6.07) is 8.46. The highest BCUT2D eigenvalue weighted by Crippen LogP contribution is 2.26. The van der Waals surface area contributed by atoms with Crippen molar-refractivity contribution in [1.29, 1.82) is 0 Å². The summed E-state index contributed by atoms with van der Waals surface area (Å²) in [4.78, 5) is 45.2. The largest absolute Gasteiger partial charge is 0.444 e. The normalized spacial score (nSPS) is 13.3. The van der Waals surface area contributed by atoms with Gasteiger partial charge in [0.2, 0.25) is 0 Å². The molecule has 2 amide bonds. The van der Waals surface area contributed by atoms with Crippen molar-refractivity contribution in [2.75, 3.05) is 78.8 Å². The van der Waals surface area contributed by atoms with E-state index in [4.69, 9.17) is 59.5 Å². The lowest BCUT2D eigenvalue weighted by Gasteiger charge is -2.28. The molecule has 0 bridgehead atoms. The number of nitrogens with zero attached hydrogens (tertiary/aromatic N) is 7. The third kappa shape index (κ3) is 20.2. The maximum Gasteiger partial charge on any atom is 0.412 e. The van der Waals surface area contributed by atoms with E-state index in [0.717, 1.165) is 0 Å². The molecule has 0 saturated carbocycles. The number of carbonyl (C=O) groups excluding carboxylic acids is 2. The second kappa shape index (κ2) is 27.8. The second-order valence-electron chi connectivity index (χ2n) is 15.6. The molecule has 0 unspecified atom stereocenters. The van der Waals surface area contributed by atoms with Crippen molar-refractivity contribution in [3.05, 3.63) is 115 Å². The fourth-order valence-electron chi connectivity index (χ4n) is 5.07. The lowest BCUT2D eigenvalue weighted by molar-refractivity contribution is 0.0624. The monoisotopic (exact) mass is 1130 g/mol. The van der Waals surface area contributed by atoms with Gasteiger partial charge in [0.05, 0.1) is 47.1 Å². The lowest BCUT2D eigenvalue weighted by Crippen LogP contribution is -2.37. The fraction of sp³-hybridized carbons (Fsp3) is 0.372. The van der Waals surface area contributed by atoms with Crippen LogP contribution in [0.3, 0.4) is 0 Å². The first-order chi connectivity index (χ1) is 32.0. The Labute approximate surface area is 418 Å². The summed E-state index contributed by atoms with van der Waals surface area (Å²) >= 11 is 17.8. The van der Waals surface area contributed by atoms with Crippen molar-refractivity contribution in [3.8, 4) is 0 Å². The maximum absolute atomic E-state index is 14.4. The quantitative estimate of drug-likeness (QED) is 0.0875. The molecular weight excluding hydrogens is 1080 g/mol. The lowest BCUT2D eigenvalue weighted by atomic mass is 10.2. The van der Waals surface area contributed by atoms with Crippen molar-refractivity contribution in [2.24, 2.45) is 0 Å². The predicted molar refractivity (Wildman–Crippen MR) is 259 cm³/mol. The minimum absolute atomic E-state index is 0.0562. The van der Waals surface area contributed by atoms with Crippen LogP contribution in [0.2, 0.25) is 15.5 Å². The average molecular weight is 1130 g/mol. The molecule has 0 atom stereocenters. The van der Waals surface area contributed by atoms with Crippen LogP contribution in [0, 0.1) is 32.7 Å². The molecule has 4 N–H and O–H groups in total. The summed E-state index contributed by atoms with van der Waals surface area (Å²) < 4.78 is 86.9. The van der Waals surface area contributed by atoms with Crippen molar-refractivity contribution >= 4 is 98.3 Å². The highest BCUT2D eigenvalue weighted by Gasteiger charge is 2.23. The van der Waals surface area contributed by atoms with Crippen LogP contribution in [0.5, 0.6) is 0 Å². The van der Waals surface area contributed by atoms with Crippen LogP contribution >= 0.6 is 57.4 Å². The van der Waals surface area contributed by atoms with E-state index in [9.17, 15) is 31.5 Å². The molecule has 2 fully saturated rings. The molecule has 16 nitrogen and oxygen atoms in total. The average Bonchev–Trinajstić information content (AvgIpc) is 3.27. The van der Waals surface area contributed by atoms with Gasteiger partial charge in [0.25, 0.3) is 0 Å². The number of ether oxygens (including phenoxy) is 4. The molecule has 0 aromatic carbocycles. The van der Waals surface area contributed by atoms with Crippen LogP contribution in [-0.4, -0.2) is 101 Å². The zero-order valence-corrected chi connectivity index (χ0v) is 42.0. The SMILES string of the molecule is CC(C)(C)OC(=O)Nc1ccnc(Cl)c1F.CC(C)(C)OC(=O)Nc1ccnc(N2CCOCC2)c1F.Fc1c(I)ccnc1Cl.Fc1cccnc1Cl.Nc1ccnc(N2CCOCC2)c1F. The molecule has 7 rings (SSSR count). The Morgan fingerprint density at radius 1 is 0.603 bits per heavy atom. The van der Waals surface area contributed by atoms with E-state index in [2.05, 4.69) is 35.6 Å². The highest BCUT2D eigenvalue weighted by atomic mass is 127. The van der Waals surface area contributed by atoms with Crippen molar-refractivity contribution in [1.82, 2.24) is 24.9 Å². The first-order valence-electron chi connectivity index (χ1n) is 20.2. The van der Waals surface area contributed by atoms with Crippen LogP contribution in [0.15, 0.2) is 67.4 Å².